The monoisotopic (exact) mass is 306 g/mol. The Bertz CT molecular complexity index is 521. The van der Waals surface area contributed by atoms with Gasteiger partial charge in [0.05, 0.1) is 17.6 Å². The van der Waals surface area contributed by atoms with Gasteiger partial charge in [0.1, 0.15) is 6.61 Å². The molecule has 6 heteroatoms. The normalized spacial score (nSPS) is 25.5. The maximum absolute atomic E-state index is 11.0. The first-order valence-corrected chi connectivity index (χ1v) is 7.97. The van der Waals surface area contributed by atoms with Gasteiger partial charge in [0.15, 0.2) is 5.75 Å². The number of fused-ring (bicyclic) bond motifs is 1. The highest BCUT2D eigenvalue weighted by Gasteiger charge is 2.33. The van der Waals surface area contributed by atoms with Gasteiger partial charge in [0.25, 0.3) is 0 Å². The van der Waals surface area contributed by atoms with Gasteiger partial charge in [0.2, 0.25) is 0 Å². The molecule has 0 aromatic heterocycles. The molecule has 1 saturated heterocycles. The molecule has 0 spiro atoms. The summed E-state index contributed by atoms with van der Waals surface area (Å²) in [5.74, 6) is 0.348. The van der Waals surface area contributed by atoms with Crippen molar-refractivity contribution in [3.63, 3.8) is 0 Å². The van der Waals surface area contributed by atoms with Gasteiger partial charge < -0.3 is 9.47 Å². The van der Waals surface area contributed by atoms with Gasteiger partial charge in [-0.3, -0.25) is 15.0 Å². The second-order valence-corrected chi connectivity index (χ2v) is 5.87. The molecule has 0 N–H and O–H groups in total. The first-order valence-electron chi connectivity index (χ1n) is 7.97. The van der Waals surface area contributed by atoms with Crippen LogP contribution in [0.4, 0.5) is 5.69 Å². The Balaban J connectivity index is 1.55. The summed E-state index contributed by atoms with van der Waals surface area (Å²) in [4.78, 5) is 13.0. The van der Waals surface area contributed by atoms with Crippen LogP contribution in [0.15, 0.2) is 24.3 Å². The standard InChI is InChI=1S/C16H22N2O4/c19-18(20)14-6-2-4-8-16(14)22-12-10-17-9-11-21-15-7-3-1-5-13(15)17/h2,4,6,8,13,15H,1,3,5,7,9-12H2/t13-,15+/m1/s1. The average Bonchev–Trinajstić information content (AvgIpc) is 2.55. The second kappa shape index (κ2) is 7.07. The largest absolute Gasteiger partial charge is 0.485 e. The predicted octanol–water partition coefficient (Wildman–Crippen LogP) is 2.62. The fourth-order valence-electron chi connectivity index (χ4n) is 3.46. The lowest BCUT2D eigenvalue weighted by atomic mass is 9.90. The molecule has 0 amide bonds. The van der Waals surface area contributed by atoms with E-state index in [1.54, 1.807) is 18.2 Å². The Kier molecular flexibility index (Phi) is 4.90. The van der Waals surface area contributed by atoms with Crippen molar-refractivity contribution in [1.29, 1.82) is 0 Å². The minimum atomic E-state index is -0.402. The molecule has 22 heavy (non-hydrogen) atoms. The quantitative estimate of drug-likeness (QED) is 0.618. The van der Waals surface area contributed by atoms with E-state index in [1.807, 2.05) is 0 Å². The number of ether oxygens (including phenoxy) is 2. The van der Waals surface area contributed by atoms with Crippen LogP contribution in [0.3, 0.4) is 0 Å². The van der Waals surface area contributed by atoms with Gasteiger partial charge in [-0.2, -0.15) is 0 Å². The number of para-hydroxylation sites is 2. The smallest absolute Gasteiger partial charge is 0.310 e. The molecule has 1 aliphatic carbocycles. The molecule has 2 atom stereocenters. The van der Waals surface area contributed by atoms with Crippen LogP contribution in [-0.4, -0.2) is 48.3 Å². The van der Waals surface area contributed by atoms with Crippen molar-refractivity contribution in [2.75, 3.05) is 26.3 Å². The lowest BCUT2D eigenvalue weighted by Gasteiger charge is -2.43. The van der Waals surface area contributed by atoms with Gasteiger partial charge in [-0.05, 0) is 18.9 Å². The molecule has 0 radical (unpaired) electrons. The molecule has 1 saturated carbocycles. The highest BCUT2D eigenvalue weighted by molar-refractivity contribution is 5.45. The van der Waals surface area contributed by atoms with Gasteiger partial charge in [-0.15, -0.1) is 0 Å². The molecule has 1 aliphatic heterocycles. The number of morpholine rings is 1. The van der Waals surface area contributed by atoms with E-state index < -0.39 is 4.92 Å². The predicted molar refractivity (Wildman–Crippen MR) is 82.2 cm³/mol. The van der Waals surface area contributed by atoms with E-state index in [9.17, 15) is 10.1 Å². The van der Waals surface area contributed by atoms with E-state index in [-0.39, 0.29) is 5.69 Å². The van der Waals surface area contributed by atoms with E-state index in [0.717, 1.165) is 26.1 Å². The third-order valence-corrected chi connectivity index (χ3v) is 4.55. The van der Waals surface area contributed by atoms with Crippen molar-refractivity contribution < 1.29 is 14.4 Å². The van der Waals surface area contributed by atoms with Crippen LogP contribution in [0.25, 0.3) is 0 Å². The van der Waals surface area contributed by atoms with Gasteiger partial charge in [-0.25, -0.2) is 0 Å². The van der Waals surface area contributed by atoms with E-state index in [1.165, 1.54) is 25.3 Å². The number of hydrogen-bond acceptors (Lipinski definition) is 5. The van der Waals surface area contributed by atoms with Gasteiger partial charge >= 0.3 is 5.69 Å². The molecular formula is C16H22N2O4. The number of benzene rings is 1. The molecule has 6 nitrogen and oxygen atoms in total. The van der Waals surface area contributed by atoms with E-state index >= 15 is 0 Å². The minimum absolute atomic E-state index is 0.0278. The summed E-state index contributed by atoms with van der Waals surface area (Å²) in [7, 11) is 0. The zero-order valence-corrected chi connectivity index (χ0v) is 12.6. The fourth-order valence-corrected chi connectivity index (χ4v) is 3.46. The van der Waals surface area contributed by atoms with E-state index in [2.05, 4.69) is 4.90 Å². The average molecular weight is 306 g/mol. The summed E-state index contributed by atoms with van der Waals surface area (Å²) in [6.45, 7) is 2.94. The van der Waals surface area contributed by atoms with Crippen molar-refractivity contribution in [3.8, 4) is 5.75 Å². The zero-order chi connectivity index (χ0) is 15.4. The maximum atomic E-state index is 11.0. The van der Waals surface area contributed by atoms with Crippen molar-refractivity contribution in [2.45, 2.75) is 37.8 Å². The highest BCUT2D eigenvalue weighted by Crippen LogP contribution is 2.29. The third kappa shape index (κ3) is 3.39. The summed E-state index contributed by atoms with van der Waals surface area (Å²) < 4.78 is 11.5. The first-order chi connectivity index (χ1) is 10.8. The molecule has 1 aromatic carbocycles. The Hall–Kier alpha value is -1.66. The fraction of sp³-hybridized carbons (Fsp3) is 0.625. The van der Waals surface area contributed by atoms with Crippen LogP contribution in [-0.2, 0) is 4.74 Å². The lowest BCUT2D eigenvalue weighted by molar-refractivity contribution is -0.385. The van der Waals surface area contributed by atoms with Crippen LogP contribution in [0.2, 0.25) is 0 Å². The SMILES string of the molecule is O=[N+]([O-])c1ccccc1OCCN1CCO[C@H]2CCCC[C@H]21. The summed E-state index contributed by atoms with van der Waals surface area (Å²) in [6, 6.07) is 7.02. The van der Waals surface area contributed by atoms with Crippen LogP contribution >= 0.6 is 0 Å². The van der Waals surface area contributed by atoms with Crippen LogP contribution < -0.4 is 4.74 Å². The number of nitro groups is 1. The molecule has 2 fully saturated rings. The van der Waals surface area contributed by atoms with Crippen molar-refractivity contribution in [3.05, 3.63) is 34.4 Å². The Labute approximate surface area is 130 Å². The van der Waals surface area contributed by atoms with Crippen molar-refractivity contribution >= 4 is 5.69 Å². The molecule has 1 aromatic rings. The summed E-state index contributed by atoms with van der Waals surface area (Å²) in [5.41, 5.74) is 0.0278. The summed E-state index contributed by atoms with van der Waals surface area (Å²) >= 11 is 0. The van der Waals surface area contributed by atoms with E-state index in [4.69, 9.17) is 9.47 Å². The zero-order valence-electron chi connectivity index (χ0n) is 12.6. The summed E-state index contributed by atoms with van der Waals surface area (Å²) in [6.07, 6.45) is 5.18. The highest BCUT2D eigenvalue weighted by atomic mass is 16.6. The summed E-state index contributed by atoms with van der Waals surface area (Å²) in [5, 5.41) is 11.0. The number of rotatable bonds is 5. The second-order valence-electron chi connectivity index (χ2n) is 5.87. The molecule has 120 valence electrons. The van der Waals surface area contributed by atoms with Crippen LogP contribution in [0.1, 0.15) is 25.7 Å². The Morgan fingerprint density at radius 2 is 2.14 bits per heavy atom. The number of nitro benzene ring substituents is 1. The van der Waals surface area contributed by atoms with Crippen molar-refractivity contribution in [2.24, 2.45) is 0 Å². The molecule has 2 aliphatic rings. The van der Waals surface area contributed by atoms with Gasteiger partial charge in [-0.1, -0.05) is 25.0 Å². The topological polar surface area (TPSA) is 64.8 Å². The number of hydrogen-bond donors (Lipinski definition) is 0. The Morgan fingerprint density at radius 1 is 1.32 bits per heavy atom. The molecule has 1 heterocycles. The maximum Gasteiger partial charge on any atom is 0.310 e. The lowest BCUT2D eigenvalue weighted by Crippen LogP contribution is -2.53. The molecular weight excluding hydrogens is 284 g/mol. The van der Waals surface area contributed by atoms with Crippen molar-refractivity contribution in [1.82, 2.24) is 4.90 Å². The minimum Gasteiger partial charge on any atom is -0.485 e. The van der Waals surface area contributed by atoms with Crippen LogP contribution in [0.5, 0.6) is 5.75 Å². The number of nitrogens with zero attached hydrogens (tertiary/aromatic N) is 2. The molecule has 0 unspecified atom stereocenters. The Morgan fingerprint density at radius 3 is 3.00 bits per heavy atom. The molecule has 3 rings (SSSR count). The van der Waals surface area contributed by atoms with Gasteiger partial charge in [0, 0.05) is 25.2 Å². The first kappa shape index (κ1) is 15.2. The van der Waals surface area contributed by atoms with Crippen LogP contribution in [0, 0.1) is 10.1 Å². The third-order valence-electron chi connectivity index (χ3n) is 4.55. The molecule has 0 bridgehead atoms. The van der Waals surface area contributed by atoms with E-state index in [0.29, 0.717) is 24.5 Å².